The van der Waals surface area contributed by atoms with Crippen molar-refractivity contribution in [3.05, 3.63) is 34.9 Å². The Labute approximate surface area is 154 Å². The van der Waals surface area contributed by atoms with Crippen molar-refractivity contribution in [3.8, 4) is 0 Å². The van der Waals surface area contributed by atoms with Gasteiger partial charge in [0.1, 0.15) is 0 Å². The summed E-state index contributed by atoms with van der Waals surface area (Å²) in [7, 11) is 3.31. The van der Waals surface area contributed by atoms with E-state index in [0.29, 0.717) is 13.1 Å². The highest BCUT2D eigenvalue weighted by Crippen LogP contribution is 2.16. The number of carbonyl (C=O) groups is 1. The monoisotopic (exact) mass is 439 g/mol. The maximum absolute atomic E-state index is 11.1. The molecule has 0 amide bonds. The van der Waals surface area contributed by atoms with Gasteiger partial charge in [-0.1, -0.05) is 29.8 Å². The summed E-state index contributed by atoms with van der Waals surface area (Å²) in [5.41, 5.74) is 1.03. The Bertz CT molecular complexity index is 497. The van der Waals surface area contributed by atoms with E-state index in [-0.39, 0.29) is 36.4 Å². The normalized spacial score (nSPS) is 10.6. The smallest absolute Gasteiger partial charge is 0.307 e. The summed E-state index contributed by atoms with van der Waals surface area (Å²) >= 11 is 6.17. The van der Waals surface area contributed by atoms with Crippen LogP contribution in [0, 0.1) is 0 Å². The number of esters is 1. The molecule has 0 spiro atoms. The highest BCUT2D eigenvalue weighted by molar-refractivity contribution is 14.0. The molecule has 0 fully saturated rings. The first-order valence-corrected chi connectivity index (χ1v) is 7.26. The zero-order valence-corrected chi connectivity index (χ0v) is 16.2. The van der Waals surface area contributed by atoms with Crippen LogP contribution >= 0.6 is 35.6 Å². The molecule has 0 aliphatic carbocycles. The zero-order chi connectivity index (χ0) is 15.7. The Morgan fingerprint density at radius 2 is 2.09 bits per heavy atom. The molecule has 5 nitrogen and oxygen atoms in total. The fraction of sp³-hybridized carbons (Fsp3) is 0.467. The zero-order valence-electron chi connectivity index (χ0n) is 13.1. The quantitative estimate of drug-likeness (QED) is 0.320. The second kappa shape index (κ2) is 11.5. The van der Waals surface area contributed by atoms with Crippen molar-refractivity contribution >= 4 is 47.5 Å². The molecule has 1 aromatic carbocycles. The number of halogens is 2. The Morgan fingerprint density at radius 1 is 1.41 bits per heavy atom. The third kappa shape index (κ3) is 7.31. The van der Waals surface area contributed by atoms with Gasteiger partial charge in [-0.3, -0.25) is 9.79 Å². The molecule has 0 heterocycles. The van der Waals surface area contributed by atoms with Crippen LogP contribution in [0.4, 0.5) is 0 Å². The van der Waals surface area contributed by atoms with Crippen LogP contribution in [-0.4, -0.2) is 44.1 Å². The summed E-state index contributed by atoms with van der Waals surface area (Å²) in [4.78, 5) is 17.5. The van der Waals surface area contributed by atoms with E-state index in [1.807, 2.05) is 43.1 Å². The van der Waals surface area contributed by atoms with Gasteiger partial charge < -0.3 is 15.0 Å². The molecule has 0 saturated heterocycles. The van der Waals surface area contributed by atoms with E-state index >= 15 is 0 Å². The van der Waals surface area contributed by atoms with Crippen molar-refractivity contribution in [1.82, 2.24) is 10.2 Å². The van der Waals surface area contributed by atoms with Crippen LogP contribution < -0.4 is 5.32 Å². The van der Waals surface area contributed by atoms with Crippen LogP contribution in [0.25, 0.3) is 0 Å². The minimum atomic E-state index is -0.261. The fourth-order valence-electron chi connectivity index (χ4n) is 1.78. The first-order valence-electron chi connectivity index (χ1n) is 6.88. The molecule has 0 aliphatic rings. The second-order valence-electron chi connectivity index (χ2n) is 4.51. The summed E-state index contributed by atoms with van der Waals surface area (Å²) in [5, 5.41) is 3.93. The van der Waals surface area contributed by atoms with Crippen LogP contribution in [-0.2, 0) is 16.1 Å². The summed E-state index contributed by atoms with van der Waals surface area (Å²) in [5.74, 6) is 0.477. The largest absolute Gasteiger partial charge is 0.469 e. The lowest BCUT2D eigenvalue weighted by Crippen LogP contribution is -2.38. The number of methoxy groups -OCH3 is 1. The molecule has 7 heteroatoms. The number of benzene rings is 1. The summed E-state index contributed by atoms with van der Waals surface area (Å²) in [6.07, 6.45) is 0.269. The first-order chi connectivity index (χ1) is 10.1. The molecule has 1 rings (SSSR count). The Balaban J connectivity index is 0.00000441. The van der Waals surface area contributed by atoms with Gasteiger partial charge in [-0.2, -0.15) is 0 Å². The predicted molar refractivity (Wildman–Crippen MR) is 101 cm³/mol. The Hall–Kier alpha value is -1.02. The average molecular weight is 440 g/mol. The van der Waals surface area contributed by atoms with Crippen molar-refractivity contribution in [2.75, 3.05) is 27.2 Å². The van der Waals surface area contributed by atoms with E-state index in [4.69, 9.17) is 11.6 Å². The van der Waals surface area contributed by atoms with Crippen molar-refractivity contribution in [2.45, 2.75) is 19.9 Å². The third-order valence-electron chi connectivity index (χ3n) is 2.87. The molecule has 0 bridgehead atoms. The minimum absolute atomic E-state index is 0. The molecular weight excluding hydrogens is 417 g/mol. The van der Waals surface area contributed by atoms with Crippen molar-refractivity contribution < 1.29 is 9.53 Å². The van der Waals surface area contributed by atoms with Crippen LogP contribution in [0.15, 0.2) is 29.3 Å². The lowest BCUT2D eigenvalue weighted by atomic mass is 10.2. The van der Waals surface area contributed by atoms with E-state index in [9.17, 15) is 4.79 Å². The SMILES string of the molecule is CCNC(=NCCC(=O)OC)N(C)Cc1ccccc1Cl.I. The van der Waals surface area contributed by atoms with Crippen molar-refractivity contribution in [3.63, 3.8) is 0 Å². The molecule has 0 unspecified atom stereocenters. The molecule has 0 aliphatic heterocycles. The van der Waals surface area contributed by atoms with E-state index in [0.717, 1.165) is 23.1 Å². The number of ether oxygens (including phenoxy) is 1. The third-order valence-corrected chi connectivity index (χ3v) is 3.24. The number of nitrogens with one attached hydrogen (secondary N) is 1. The highest BCUT2D eigenvalue weighted by atomic mass is 127. The molecule has 0 saturated carbocycles. The highest BCUT2D eigenvalue weighted by Gasteiger charge is 2.09. The Kier molecular flexibility index (Phi) is 11.0. The van der Waals surface area contributed by atoms with Crippen LogP contribution in [0.1, 0.15) is 18.9 Å². The van der Waals surface area contributed by atoms with Crippen LogP contribution in [0.3, 0.4) is 0 Å². The summed E-state index contributed by atoms with van der Waals surface area (Å²) in [6, 6.07) is 7.71. The molecule has 22 heavy (non-hydrogen) atoms. The second-order valence-corrected chi connectivity index (χ2v) is 4.92. The van der Waals surface area contributed by atoms with Gasteiger partial charge in [-0.05, 0) is 18.6 Å². The van der Waals surface area contributed by atoms with E-state index < -0.39 is 0 Å². The van der Waals surface area contributed by atoms with E-state index in [1.165, 1.54) is 7.11 Å². The van der Waals surface area contributed by atoms with Crippen molar-refractivity contribution in [2.24, 2.45) is 4.99 Å². The van der Waals surface area contributed by atoms with Gasteiger partial charge in [0.15, 0.2) is 5.96 Å². The lowest BCUT2D eigenvalue weighted by Gasteiger charge is -2.22. The molecule has 0 aromatic heterocycles. The lowest BCUT2D eigenvalue weighted by molar-refractivity contribution is -0.140. The summed E-state index contributed by atoms with van der Waals surface area (Å²) in [6.45, 7) is 3.79. The number of carbonyl (C=O) groups excluding carboxylic acids is 1. The minimum Gasteiger partial charge on any atom is -0.469 e. The van der Waals surface area contributed by atoms with E-state index in [2.05, 4.69) is 15.0 Å². The van der Waals surface area contributed by atoms with Crippen LogP contribution in [0.2, 0.25) is 5.02 Å². The molecule has 1 aromatic rings. The molecular formula is C15H23ClIN3O2. The van der Waals surface area contributed by atoms with Gasteiger partial charge in [0, 0.05) is 25.2 Å². The number of hydrogen-bond donors (Lipinski definition) is 1. The fourth-order valence-corrected chi connectivity index (χ4v) is 1.98. The van der Waals surface area contributed by atoms with Gasteiger partial charge >= 0.3 is 5.97 Å². The first kappa shape index (κ1) is 21.0. The van der Waals surface area contributed by atoms with Gasteiger partial charge in [-0.15, -0.1) is 24.0 Å². The molecule has 124 valence electrons. The topological polar surface area (TPSA) is 53.9 Å². The number of nitrogens with zero attached hydrogens (tertiary/aromatic N) is 2. The molecule has 0 radical (unpaired) electrons. The van der Waals surface area contributed by atoms with Crippen molar-refractivity contribution in [1.29, 1.82) is 0 Å². The standard InChI is InChI=1S/C15H22ClN3O2.HI/c1-4-17-15(18-10-9-14(20)21-3)19(2)11-12-7-5-6-8-13(12)16;/h5-8H,4,9-11H2,1-3H3,(H,17,18);1H. The van der Waals surface area contributed by atoms with Gasteiger partial charge in [0.25, 0.3) is 0 Å². The molecule has 1 N–H and O–H groups in total. The number of aliphatic imine (C=N–C) groups is 1. The van der Waals surface area contributed by atoms with Crippen LogP contribution in [0.5, 0.6) is 0 Å². The Morgan fingerprint density at radius 3 is 2.68 bits per heavy atom. The maximum Gasteiger partial charge on any atom is 0.307 e. The van der Waals surface area contributed by atoms with Gasteiger partial charge in [0.05, 0.1) is 20.1 Å². The summed E-state index contributed by atoms with van der Waals surface area (Å²) < 4.78 is 4.60. The number of rotatable bonds is 6. The average Bonchev–Trinajstić information content (AvgIpc) is 2.48. The maximum atomic E-state index is 11.1. The number of hydrogen-bond acceptors (Lipinski definition) is 3. The van der Waals surface area contributed by atoms with Gasteiger partial charge in [-0.25, -0.2) is 0 Å². The van der Waals surface area contributed by atoms with Gasteiger partial charge in [0.2, 0.25) is 0 Å². The molecule has 0 atom stereocenters. The van der Waals surface area contributed by atoms with E-state index in [1.54, 1.807) is 0 Å². The predicted octanol–water partition coefficient (Wildman–Crippen LogP) is 2.92. The number of guanidine groups is 1.